The van der Waals surface area contributed by atoms with E-state index in [1.165, 1.54) is 24.4 Å². The zero-order valence-electron chi connectivity index (χ0n) is 10.7. The van der Waals surface area contributed by atoms with Gasteiger partial charge in [0.2, 0.25) is 5.03 Å². The molecule has 0 aliphatic heterocycles. The standard InChI is InChI=1S/C13H10FN3O3S/c14-12-5-2-7-16-13(12)21(18,19)17-10-3-1-4-11(9-10)20-8-6-15/h1-5,7,9,17H,8H2. The molecule has 0 spiro atoms. The Morgan fingerprint density at radius 2 is 2.14 bits per heavy atom. The molecule has 21 heavy (non-hydrogen) atoms. The molecule has 1 aromatic heterocycles. The van der Waals surface area contributed by atoms with E-state index >= 15 is 0 Å². The van der Waals surface area contributed by atoms with Crippen LogP contribution >= 0.6 is 0 Å². The van der Waals surface area contributed by atoms with Gasteiger partial charge >= 0.3 is 0 Å². The molecule has 1 heterocycles. The number of nitrogens with zero attached hydrogens (tertiary/aromatic N) is 2. The number of rotatable bonds is 5. The lowest BCUT2D eigenvalue weighted by molar-refractivity contribution is 0.368. The Bertz CT molecular complexity index is 787. The Morgan fingerprint density at radius 1 is 1.33 bits per heavy atom. The molecular formula is C13H10FN3O3S. The molecule has 1 aromatic carbocycles. The summed E-state index contributed by atoms with van der Waals surface area (Å²) < 4.78 is 44.8. The highest BCUT2D eigenvalue weighted by Crippen LogP contribution is 2.21. The highest BCUT2D eigenvalue weighted by Gasteiger charge is 2.20. The second kappa shape index (κ2) is 6.19. The second-order valence-corrected chi connectivity index (χ2v) is 5.47. The SMILES string of the molecule is N#CCOc1cccc(NS(=O)(=O)c2ncccc2F)c1. The molecular weight excluding hydrogens is 297 g/mol. The molecule has 0 amide bonds. The van der Waals surface area contributed by atoms with Gasteiger partial charge in [0.1, 0.15) is 11.8 Å². The van der Waals surface area contributed by atoms with Gasteiger partial charge < -0.3 is 4.74 Å². The zero-order valence-corrected chi connectivity index (χ0v) is 11.5. The Morgan fingerprint density at radius 3 is 2.86 bits per heavy atom. The van der Waals surface area contributed by atoms with E-state index in [-0.39, 0.29) is 12.3 Å². The molecule has 108 valence electrons. The molecule has 2 rings (SSSR count). The van der Waals surface area contributed by atoms with Crippen molar-refractivity contribution in [3.05, 3.63) is 48.4 Å². The lowest BCUT2D eigenvalue weighted by atomic mass is 10.3. The van der Waals surface area contributed by atoms with Crippen LogP contribution in [0.15, 0.2) is 47.6 Å². The van der Waals surface area contributed by atoms with Crippen molar-refractivity contribution in [1.29, 1.82) is 5.26 Å². The summed E-state index contributed by atoms with van der Waals surface area (Å²) in [5, 5.41) is 7.74. The number of halogens is 1. The normalized spacial score (nSPS) is 10.7. The van der Waals surface area contributed by atoms with Crippen LogP contribution in [0, 0.1) is 17.1 Å². The van der Waals surface area contributed by atoms with Crippen LogP contribution in [0.1, 0.15) is 0 Å². The third-order valence-electron chi connectivity index (χ3n) is 2.37. The Labute approximate surface area is 120 Å². The molecule has 0 fully saturated rings. The van der Waals surface area contributed by atoms with Gasteiger partial charge in [-0.2, -0.15) is 13.7 Å². The van der Waals surface area contributed by atoms with E-state index in [4.69, 9.17) is 10.00 Å². The van der Waals surface area contributed by atoms with Crippen molar-refractivity contribution in [2.24, 2.45) is 0 Å². The van der Waals surface area contributed by atoms with Crippen LogP contribution in [0.3, 0.4) is 0 Å². The first-order chi connectivity index (χ1) is 10.0. The molecule has 1 N–H and O–H groups in total. The molecule has 8 heteroatoms. The fourth-order valence-electron chi connectivity index (χ4n) is 1.54. The fourth-order valence-corrected chi connectivity index (χ4v) is 2.60. The Hall–Kier alpha value is -2.66. The summed E-state index contributed by atoms with van der Waals surface area (Å²) in [5.74, 6) is -0.625. The van der Waals surface area contributed by atoms with Gasteiger partial charge in [0.05, 0.1) is 5.69 Å². The highest BCUT2D eigenvalue weighted by atomic mass is 32.2. The maximum Gasteiger partial charge on any atom is 0.282 e. The first kappa shape index (κ1) is 14.7. The van der Waals surface area contributed by atoms with Crippen LogP contribution in [0.5, 0.6) is 5.75 Å². The van der Waals surface area contributed by atoms with Gasteiger partial charge in [-0.05, 0) is 24.3 Å². The quantitative estimate of drug-likeness (QED) is 0.911. The van der Waals surface area contributed by atoms with Crippen molar-refractivity contribution in [2.45, 2.75) is 5.03 Å². The summed E-state index contributed by atoms with van der Waals surface area (Å²) >= 11 is 0. The first-order valence-corrected chi connectivity index (χ1v) is 7.24. The lowest BCUT2D eigenvalue weighted by Crippen LogP contribution is -2.16. The average molecular weight is 307 g/mol. The van der Waals surface area contributed by atoms with Gasteiger partial charge in [-0.3, -0.25) is 4.72 Å². The highest BCUT2D eigenvalue weighted by molar-refractivity contribution is 7.92. The third-order valence-corrected chi connectivity index (χ3v) is 3.68. The summed E-state index contributed by atoms with van der Waals surface area (Å²) in [4.78, 5) is 3.52. The summed E-state index contributed by atoms with van der Waals surface area (Å²) in [7, 11) is -4.14. The van der Waals surface area contributed by atoms with Gasteiger partial charge in [-0.25, -0.2) is 9.37 Å². The minimum Gasteiger partial charge on any atom is -0.479 e. The van der Waals surface area contributed by atoms with Gasteiger partial charge in [0.25, 0.3) is 10.0 Å². The fraction of sp³-hybridized carbons (Fsp3) is 0.0769. The number of hydrogen-bond acceptors (Lipinski definition) is 5. The number of ether oxygens (including phenoxy) is 1. The van der Waals surface area contributed by atoms with Gasteiger partial charge in [0.15, 0.2) is 12.4 Å². The molecule has 0 atom stereocenters. The maximum atomic E-state index is 13.5. The van der Waals surface area contributed by atoms with E-state index in [1.807, 2.05) is 0 Å². The predicted molar refractivity (Wildman–Crippen MR) is 72.6 cm³/mol. The van der Waals surface area contributed by atoms with Gasteiger partial charge in [-0.15, -0.1) is 0 Å². The number of anilines is 1. The lowest BCUT2D eigenvalue weighted by Gasteiger charge is -2.09. The molecule has 0 unspecified atom stereocenters. The summed E-state index contributed by atoms with van der Waals surface area (Å²) in [6.45, 7) is -0.162. The Kier molecular flexibility index (Phi) is 4.35. The number of aromatic nitrogens is 1. The minimum atomic E-state index is -4.14. The number of nitriles is 1. The molecule has 0 aliphatic rings. The topological polar surface area (TPSA) is 92.1 Å². The number of nitrogens with one attached hydrogen (secondary N) is 1. The van der Waals surface area contributed by atoms with Crippen molar-refractivity contribution in [3.63, 3.8) is 0 Å². The van der Waals surface area contributed by atoms with E-state index < -0.39 is 20.9 Å². The van der Waals surface area contributed by atoms with Crippen molar-refractivity contribution in [3.8, 4) is 11.8 Å². The summed E-state index contributed by atoms with van der Waals surface area (Å²) in [5.41, 5.74) is 0.176. The molecule has 6 nitrogen and oxygen atoms in total. The molecule has 0 radical (unpaired) electrons. The van der Waals surface area contributed by atoms with Crippen LogP contribution in [0.4, 0.5) is 10.1 Å². The van der Waals surface area contributed by atoms with Crippen molar-refractivity contribution >= 4 is 15.7 Å². The number of sulfonamides is 1. The van der Waals surface area contributed by atoms with E-state index in [2.05, 4.69) is 9.71 Å². The monoisotopic (exact) mass is 307 g/mol. The maximum absolute atomic E-state index is 13.5. The number of pyridine rings is 1. The van der Waals surface area contributed by atoms with Crippen LogP contribution in [0.2, 0.25) is 0 Å². The number of hydrogen-bond donors (Lipinski definition) is 1. The molecule has 0 aliphatic carbocycles. The second-order valence-electron chi connectivity index (χ2n) is 3.87. The average Bonchev–Trinajstić information content (AvgIpc) is 2.45. The van der Waals surface area contributed by atoms with Crippen LogP contribution < -0.4 is 9.46 Å². The van der Waals surface area contributed by atoms with Crippen LogP contribution in [0.25, 0.3) is 0 Å². The van der Waals surface area contributed by atoms with Gasteiger partial charge in [0, 0.05) is 12.3 Å². The van der Waals surface area contributed by atoms with Crippen molar-refractivity contribution < 1.29 is 17.5 Å². The third kappa shape index (κ3) is 3.67. The minimum absolute atomic E-state index is 0.162. The predicted octanol–water partition coefficient (Wildman–Crippen LogP) is 1.92. The largest absolute Gasteiger partial charge is 0.479 e. The molecule has 2 aromatic rings. The molecule has 0 saturated carbocycles. The van der Waals surface area contributed by atoms with E-state index in [0.717, 1.165) is 6.07 Å². The smallest absolute Gasteiger partial charge is 0.282 e. The van der Waals surface area contributed by atoms with E-state index in [9.17, 15) is 12.8 Å². The zero-order chi connectivity index (χ0) is 15.3. The van der Waals surface area contributed by atoms with E-state index in [0.29, 0.717) is 5.75 Å². The van der Waals surface area contributed by atoms with Crippen molar-refractivity contribution in [2.75, 3.05) is 11.3 Å². The molecule has 0 bridgehead atoms. The first-order valence-electron chi connectivity index (χ1n) is 5.76. The summed E-state index contributed by atoms with van der Waals surface area (Å²) in [6.07, 6.45) is 1.18. The van der Waals surface area contributed by atoms with Crippen LogP contribution in [-0.4, -0.2) is 20.0 Å². The summed E-state index contributed by atoms with van der Waals surface area (Å²) in [6, 6.07) is 10.1. The van der Waals surface area contributed by atoms with E-state index in [1.54, 1.807) is 18.2 Å². The number of benzene rings is 1. The van der Waals surface area contributed by atoms with Crippen molar-refractivity contribution in [1.82, 2.24) is 4.98 Å². The van der Waals surface area contributed by atoms with Gasteiger partial charge in [-0.1, -0.05) is 6.07 Å². The molecule has 0 saturated heterocycles. The Balaban J connectivity index is 2.25. The van der Waals surface area contributed by atoms with Crippen LogP contribution in [-0.2, 0) is 10.0 Å².